The lowest BCUT2D eigenvalue weighted by Crippen LogP contribution is -2.11. The third-order valence-corrected chi connectivity index (χ3v) is 7.49. The van der Waals surface area contributed by atoms with E-state index in [0.29, 0.717) is 0 Å². The molecule has 0 radical (unpaired) electrons. The Labute approximate surface area is 99.8 Å². The summed E-state index contributed by atoms with van der Waals surface area (Å²) in [6, 6.07) is 10.2. The van der Waals surface area contributed by atoms with Crippen molar-refractivity contribution < 1.29 is 10.2 Å². The van der Waals surface area contributed by atoms with Gasteiger partial charge in [0.1, 0.15) is 0 Å². The van der Waals surface area contributed by atoms with E-state index in [1.165, 1.54) is 5.56 Å². The van der Waals surface area contributed by atoms with Gasteiger partial charge in [0.15, 0.2) is 0 Å². The van der Waals surface area contributed by atoms with Crippen molar-refractivity contribution >= 4 is 23.3 Å². The molecule has 2 nitrogen and oxygen atoms in total. The molecule has 1 rings (SSSR count). The molecule has 0 aliphatic carbocycles. The standard InChI is InChI=1S/C11H17BrO2S/c12-15(8-6-13,9-7-14)10-11-4-2-1-3-5-11/h1-5,13-14H,6-10H2. The normalized spacial score (nSPS) is 12.7. The lowest BCUT2D eigenvalue weighted by atomic mass is 10.2. The number of aliphatic hydroxyl groups excluding tert-OH is 2. The molecule has 4 heteroatoms. The van der Waals surface area contributed by atoms with Crippen molar-refractivity contribution in [3.05, 3.63) is 35.9 Å². The molecule has 0 unspecified atom stereocenters. The zero-order chi connectivity index (χ0) is 11.1. The van der Waals surface area contributed by atoms with Crippen molar-refractivity contribution in [3.8, 4) is 0 Å². The molecule has 0 saturated carbocycles. The molecule has 0 atom stereocenters. The zero-order valence-corrected chi connectivity index (χ0v) is 11.0. The van der Waals surface area contributed by atoms with Gasteiger partial charge in [0.2, 0.25) is 0 Å². The van der Waals surface area contributed by atoms with Gasteiger partial charge in [0.05, 0.1) is 13.2 Å². The van der Waals surface area contributed by atoms with Crippen molar-refractivity contribution in [2.75, 3.05) is 24.7 Å². The Bertz CT molecular complexity index is 273. The lowest BCUT2D eigenvalue weighted by molar-refractivity contribution is 0.317. The SMILES string of the molecule is OCCS(Br)(CCO)Cc1ccccc1. The van der Waals surface area contributed by atoms with Crippen molar-refractivity contribution in [2.45, 2.75) is 5.75 Å². The fourth-order valence-electron chi connectivity index (χ4n) is 1.45. The fraction of sp³-hybridized carbons (Fsp3) is 0.455. The van der Waals surface area contributed by atoms with Crippen LogP contribution in [0.5, 0.6) is 0 Å². The largest absolute Gasteiger partial charge is 0.396 e. The first-order chi connectivity index (χ1) is 7.20. The van der Waals surface area contributed by atoms with Crippen molar-refractivity contribution in [1.29, 1.82) is 0 Å². The first kappa shape index (κ1) is 13.0. The average molecular weight is 293 g/mol. The molecule has 0 aromatic heterocycles. The second kappa shape index (κ2) is 6.53. The summed E-state index contributed by atoms with van der Waals surface area (Å²) in [5.74, 6) is 2.39. The van der Waals surface area contributed by atoms with Crippen LogP contribution in [0, 0.1) is 0 Å². The summed E-state index contributed by atoms with van der Waals surface area (Å²) < 4.78 is 0. The number of rotatable bonds is 6. The van der Waals surface area contributed by atoms with E-state index >= 15 is 0 Å². The third-order valence-electron chi connectivity index (χ3n) is 2.18. The van der Waals surface area contributed by atoms with Crippen LogP contribution in [-0.2, 0) is 5.75 Å². The second-order valence-corrected chi connectivity index (χ2v) is 10.5. The van der Waals surface area contributed by atoms with Crippen LogP contribution in [0.4, 0.5) is 0 Å². The van der Waals surface area contributed by atoms with Gasteiger partial charge < -0.3 is 10.2 Å². The number of halogens is 1. The molecule has 0 aliphatic heterocycles. The Morgan fingerprint density at radius 1 is 1.00 bits per heavy atom. The molecular weight excluding hydrogens is 276 g/mol. The summed E-state index contributed by atoms with van der Waals surface area (Å²) in [7, 11) is -1.08. The molecule has 86 valence electrons. The summed E-state index contributed by atoms with van der Waals surface area (Å²) in [5, 5.41) is 18.0. The van der Waals surface area contributed by atoms with Crippen molar-refractivity contribution in [1.82, 2.24) is 0 Å². The van der Waals surface area contributed by atoms with Crippen LogP contribution in [0.1, 0.15) is 5.56 Å². The predicted octanol–water partition coefficient (Wildman–Crippen LogP) is 2.29. The number of aliphatic hydroxyl groups is 2. The van der Waals surface area contributed by atoms with Gasteiger partial charge in [0.25, 0.3) is 0 Å². The van der Waals surface area contributed by atoms with Crippen LogP contribution in [0.2, 0.25) is 0 Å². The molecule has 1 aromatic rings. The van der Waals surface area contributed by atoms with Crippen LogP contribution in [-0.4, -0.2) is 34.9 Å². The van der Waals surface area contributed by atoms with E-state index in [1.807, 2.05) is 18.2 Å². The summed E-state index contributed by atoms with van der Waals surface area (Å²) in [6.45, 7) is 0.348. The molecule has 1 aromatic carbocycles. The van der Waals surface area contributed by atoms with Crippen molar-refractivity contribution in [3.63, 3.8) is 0 Å². The number of hydrogen-bond acceptors (Lipinski definition) is 2. The molecule has 0 aliphatic rings. The van der Waals surface area contributed by atoms with Crippen LogP contribution in [0.3, 0.4) is 0 Å². The van der Waals surface area contributed by atoms with Gasteiger partial charge in [0, 0.05) is 17.3 Å². The average Bonchev–Trinajstić information content (AvgIpc) is 2.19. The lowest BCUT2D eigenvalue weighted by Gasteiger charge is -2.32. The molecule has 0 amide bonds. The van der Waals surface area contributed by atoms with E-state index in [-0.39, 0.29) is 13.2 Å². The minimum atomic E-state index is -1.08. The summed E-state index contributed by atoms with van der Waals surface area (Å²) in [4.78, 5) is 0. The monoisotopic (exact) mass is 292 g/mol. The molecule has 0 saturated heterocycles. The van der Waals surface area contributed by atoms with Gasteiger partial charge in [-0.2, -0.15) is 8.46 Å². The minimum absolute atomic E-state index is 0.174. The molecule has 0 bridgehead atoms. The highest BCUT2D eigenvalue weighted by Gasteiger charge is 2.19. The van der Waals surface area contributed by atoms with Gasteiger partial charge >= 0.3 is 0 Å². The Kier molecular flexibility index (Phi) is 5.68. The molecule has 0 fully saturated rings. The van der Waals surface area contributed by atoms with E-state index in [2.05, 4.69) is 26.9 Å². The Balaban J connectivity index is 2.66. The van der Waals surface area contributed by atoms with Gasteiger partial charge in [-0.25, -0.2) is 0 Å². The third kappa shape index (κ3) is 4.55. The van der Waals surface area contributed by atoms with Gasteiger partial charge in [-0.3, -0.25) is 0 Å². The second-order valence-electron chi connectivity index (χ2n) is 3.43. The van der Waals surface area contributed by atoms with Crippen molar-refractivity contribution in [2.24, 2.45) is 0 Å². The molecule has 0 heterocycles. The topological polar surface area (TPSA) is 40.5 Å². The van der Waals surface area contributed by atoms with Gasteiger partial charge in [-0.05, 0) is 20.4 Å². The molecule has 0 spiro atoms. The highest BCUT2D eigenvalue weighted by molar-refractivity contribution is 9.58. The molecule has 2 N–H and O–H groups in total. The number of benzene rings is 1. The summed E-state index contributed by atoms with van der Waals surface area (Å²) in [5.41, 5.74) is 1.26. The first-order valence-corrected chi connectivity index (χ1v) is 8.90. The van der Waals surface area contributed by atoms with E-state index in [9.17, 15) is 0 Å². The van der Waals surface area contributed by atoms with Crippen LogP contribution >= 0.6 is 23.3 Å². The van der Waals surface area contributed by atoms with E-state index in [0.717, 1.165) is 17.3 Å². The maximum atomic E-state index is 9.02. The highest BCUT2D eigenvalue weighted by atomic mass is 79.9. The van der Waals surface area contributed by atoms with Crippen LogP contribution in [0.15, 0.2) is 30.3 Å². The van der Waals surface area contributed by atoms with Crippen LogP contribution in [0.25, 0.3) is 0 Å². The predicted molar refractivity (Wildman–Crippen MR) is 70.6 cm³/mol. The smallest absolute Gasteiger partial charge is 0.0514 e. The number of hydrogen-bond donors (Lipinski definition) is 2. The van der Waals surface area contributed by atoms with Gasteiger partial charge in [-0.1, -0.05) is 30.3 Å². The first-order valence-electron chi connectivity index (χ1n) is 4.92. The maximum Gasteiger partial charge on any atom is 0.0514 e. The highest BCUT2D eigenvalue weighted by Crippen LogP contribution is 2.57. The zero-order valence-electron chi connectivity index (χ0n) is 8.60. The summed E-state index contributed by atoms with van der Waals surface area (Å²) in [6.07, 6.45) is 0. The molecular formula is C11H17BrO2S. The minimum Gasteiger partial charge on any atom is -0.396 e. The Morgan fingerprint density at radius 3 is 2.00 bits per heavy atom. The Morgan fingerprint density at radius 2 is 1.53 bits per heavy atom. The fourth-order valence-corrected chi connectivity index (χ4v) is 5.05. The summed E-state index contributed by atoms with van der Waals surface area (Å²) >= 11 is 3.71. The van der Waals surface area contributed by atoms with Crippen LogP contribution < -0.4 is 0 Å². The van der Waals surface area contributed by atoms with Gasteiger partial charge in [-0.15, -0.1) is 0 Å². The van der Waals surface area contributed by atoms with E-state index in [1.54, 1.807) is 0 Å². The quantitative estimate of drug-likeness (QED) is 0.845. The van der Waals surface area contributed by atoms with E-state index < -0.39 is 8.46 Å². The Hall–Kier alpha value is -0.0300. The molecule has 15 heavy (non-hydrogen) atoms. The maximum absolute atomic E-state index is 9.02. The van der Waals surface area contributed by atoms with E-state index in [4.69, 9.17) is 10.2 Å².